The summed E-state index contributed by atoms with van der Waals surface area (Å²) in [5.74, 6) is 0. The zero-order chi connectivity index (χ0) is 15.3. The predicted molar refractivity (Wildman–Crippen MR) is 86.4 cm³/mol. The van der Waals surface area contributed by atoms with Crippen LogP contribution in [-0.2, 0) is 9.47 Å². The van der Waals surface area contributed by atoms with E-state index in [0.717, 1.165) is 39.4 Å². The van der Waals surface area contributed by atoms with Gasteiger partial charge in [-0.05, 0) is 46.7 Å². The van der Waals surface area contributed by atoms with Gasteiger partial charge in [-0.15, -0.1) is 0 Å². The summed E-state index contributed by atoms with van der Waals surface area (Å²) in [5, 5.41) is 3.53. The van der Waals surface area contributed by atoms with Gasteiger partial charge in [0.2, 0.25) is 0 Å². The number of hydrogen-bond acceptors (Lipinski definition) is 4. The topological polar surface area (TPSA) is 33.7 Å². The van der Waals surface area contributed by atoms with Crippen LogP contribution in [0.2, 0.25) is 0 Å². The van der Waals surface area contributed by atoms with Gasteiger partial charge in [0.1, 0.15) is 0 Å². The third-order valence-corrected chi connectivity index (χ3v) is 3.28. The van der Waals surface area contributed by atoms with Gasteiger partial charge in [0.25, 0.3) is 0 Å². The second-order valence-electron chi connectivity index (χ2n) is 6.42. The quantitative estimate of drug-likeness (QED) is 0.528. The summed E-state index contributed by atoms with van der Waals surface area (Å²) in [7, 11) is 3.52. The van der Waals surface area contributed by atoms with Crippen LogP contribution in [0.1, 0.15) is 46.5 Å². The van der Waals surface area contributed by atoms with Crippen molar-refractivity contribution in [3.63, 3.8) is 0 Å². The first-order valence-corrected chi connectivity index (χ1v) is 7.95. The molecule has 0 saturated heterocycles. The molecule has 0 rings (SSSR count). The fraction of sp³-hybridized carbons (Fsp3) is 1.00. The van der Waals surface area contributed by atoms with Gasteiger partial charge in [0, 0.05) is 32.8 Å². The first kappa shape index (κ1) is 19.8. The Bertz CT molecular complexity index is 197. The van der Waals surface area contributed by atoms with Gasteiger partial charge in [-0.3, -0.25) is 4.90 Å². The van der Waals surface area contributed by atoms with Crippen LogP contribution < -0.4 is 5.32 Å². The highest BCUT2D eigenvalue weighted by Gasteiger charge is 2.07. The molecular formula is C16H36N2O2. The molecule has 1 N–H and O–H groups in total. The number of nitrogens with zero attached hydrogens (tertiary/aromatic N) is 1. The van der Waals surface area contributed by atoms with E-state index in [4.69, 9.17) is 9.47 Å². The van der Waals surface area contributed by atoms with E-state index < -0.39 is 0 Å². The van der Waals surface area contributed by atoms with E-state index in [1.165, 1.54) is 25.7 Å². The summed E-state index contributed by atoms with van der Waals surface area (Å²) in [6.45, 7) is 12.6. The third-order valence-electron chi connectivity index (χ3n) is 3.28. The highest BCUT2D eigenvalue weighted by atomic mass is 16.5. The molecule has 122 valence electrons. The SMILES string of the molecule is COCCN(CCCCCCNC(C)(C)C)CCOC. The fourth-order valence-electron chi connectivity index (χ4n) is 2.05. The van der Waals surface area contributed by atoms with Crippen molar-refractivity contribution >= 4 is 0 Å². The lowest BCUT2D eigenvalue weighted by Crippen LogP contribution is -2.36. The van der Waals surface area contributed by atoms with Crippen molar-refractivity contribution < 1.29 is 9.47 Å². The Hall–Kier alpha value is -0.160. The molecule has 0 aromatic rings. The van der Waals surface area contributed by atoms with Gasteiger partial charge >= 0.3 is 0 Å². The van der Waals surface area contributed by atoms with Gasteiger partial charge in [0.05, 0.1) is 13.2 Å². The number of rotatable bonds is 13. The van der Waals surface area contributed by atoms with Crippen LogP contribution >= 0.6 is 0 Å². The average molecular weight is 288 g/mol. The Kier molecular flexibility index (Phi) is 12.5. The molecule has 0 heterocycles. The standard InChI is InChI=1S/C16H36N2O2/c1-16(2,3)17-10-8-6-7-9-11-18(12-14-19-4)13-15-20-5/h17H,6-15H2,1-5H3. The predicted octanol–water partition coefficient (Wildman–Crippen LogP) is 2.53. The van der Waals surface area contributed by atoms with Crippen molar-refractivity contribution in [2.45, 2.75) is 52.0 Å². The van der Waals surface area contributed by atoms with Crippen LogP contribution in [0.5, 0.6) is 0 Å². The van der Waals surface area contributed by atoms with Crippen molar-refractivity contribution in [1.29, 1.82) is 0 Å². The molecule has 0 unspecified atom stereocenters. The number of methoxy groups -OCH3 is 2. The Balaban J connectivity index is 3.51. The van der Waals surface area contributed by atoms with E-state index in [1.807, 2.05) is 0 Å². The highest BCUT2D eigenvalue weighted by Crippen LogP contribution is 2.04. The molecule has 0 aromatic carbocycles. The maximum atomic E-state index is 5.15. The highest BCUT2D eigenvalue weighted by molar-refractivity contribution is 4.69. The summed E-state index contributed by atoms with van der Waals surface area (Å²) in [5.41, 5.74) is 0.247. The Morgan fingerprint density at radius 3 is 1.85 bits per heavy atom. The summed E-state index contributed by atoms with van der Waals surface area (Å²) in [6.07, 6.45) is 5.16. The Morgan fingerprint density at radius 1 is 0.800 bits per heavy atom. The zero-order valence-electron chi connectivity index (χ0n) is 14.3. The van der Waals surface area contributed by atoms with Crippen LogP contribution in [0.25, 0.3) is 0 Å². The second-order valence-corrected chi connectivity index (χ2v) is 6.42. The van der Waals surface area contributed by atoms with Crippen molar-refractivity contribution in [2.24, 2.45) is 0 Å². The zero-order valence-corrected chi connectivity index (χ0v) is 14.3. The minimum Gasteiger partial charge on any atom is -0.383 e. The van der Waals surface area contributed by atoms with Crippen molar-refractivity contribution in [3.8, 4) is 0 Å². The minimum absolute atomic E-state index is 0.247. The van der Waals surface area contributed by atoms with Crippen LogP contribution in [0.4, 0.5) is 0 Å². The molecule has 0 bridgehead atoms. The average Bonchev–Trinajstić information content (AvgIpc) is 2.38. The lowest BCUT2D eigenvalue weighted by atomic mass is 10.1. The van der Waals surface area contributed by atoms with Gasteiger partial charge < -0.3 is 14.8 Å². The summed E-state index contributed by atoms with van der Waals surface area (Å²) in [6, 6.07) is 0. The lowest BCUT2D eigenvalue weighted by Gasteiger charge is -2.22. The lowest BCUT2D eigenvalue weighted by molar-refractivity contribution is 0.113. The molecule has 0 fully saturated rings. The van der Waals surface area contributed by atoms with Gasteiger partial charge in [0.15, 0.2) is 0 Å². The van der Waals surface area contributed by atoms with Crippen molar-refractivity contribution in [3.05, 3.63) is 0 Å². The Labute approximate surface area is 126 Å². The van der Waals surface area contributed by atoms with E-state index in [0.29, 0.717) is 0 Å². The molecule has 20 heavy (non-hydrogen) atoms. The molecule has 4 nitrogen and oxygen atoms in total. The van der Waals surface area contributed by atoms with Crippen molar-refractivity contribution in [1.82, 2.24) is 10.2 Å². The molecule has 0 atom stereocenters. The number of nitrogens with one attached hydrogen (secondary N) is 1. The summed E-state index contributed by atoms with van der Waals surface area (Å²) >= 11 is 0. The van der Waals surface area contributed by atoms with E-state index >= 15 is 0 Å². The largest absolute Gasteiger partial charge is 0.383 e. The number of unbranched alkanes of at least 4 members (excludes halogenated alkanes) is 3. The van der Waals surface area contributed by atoms with E-state index in [-0.39, 0.29) is 5.54 Å². The van der Waals surface area contributed by atoms with Gasteiger partial charge in [-0.25, -0.2) is 0 Å². The molecular weight excluding hydrogens is 252 g/mol. The van der Waals surface area contributed by atoms with E-state index in [1.54, 1.807) is 14.2 Å². The normalized spacial score (nSPS) is 12.3. The van der Waals surface area contributed by atoms with Crippen LogP contribution in [0.15, 0.2) is 0 Å². The molecule has 0 spiro atoms. The molecule has 0 aromatic heterocycles. The molecule has 0 saturated carbocycles. The first-order chi connectivity index (χ1) is 9.49. The molecule has 0 aliphatic rings. The molecule has 0 aliphatic carbocycles. The van der Waals surface area contributed by atoms with Crippen molar-refractivity contribution in [2.75, 3.05) is 53.6 Å². The molecule has 0 amide bonds. The Morgan fingerprint density at radius 2 is 1.35 bits per heavy atom. The van der Waals surface area contributed by atoms with Gasteiger partial charge in [-0.2, -0.15) is 0 Å². The number of ether oxygens (including phenoxy) is 2. The number of hydrogen-bond donors (Lipinski definition) is 1. The van der Waals surface area contributed by atoms with E-state index in [2.05, 4.69) is 31.0 Å². The third kappa shape index (κ3) is 14.3. The molecule has 0 radical (unpaired) electrons. The molecule has 0 aliphatic heterocycles. The molecule has 4 heteroatoms. The smallest absolute Gasteiger partial charge is 0.0589 e. The first-order valence-electron chi connectivity index (χ1n) is 7.95. The van der Waals surface area contributed by atoms with Gasteiger partial charge in [-0.1, -0.05) is 12.8 Å². The monoisotopic (exact) mass is 288 g/mol. The summed E-state index contributed by atoms with van der Waals surface area (Å²) < 4.78 is 10.3. The maximum absolute atomic E-state index is 5.15. The van der Waals surface area contributed by atoms with Crippen LogP contribution in [0.3, 0.4) is 0 Å². The minimum atomic E-state index is 0.247. The summed E-state index contributed by atoms with van der Waals surface area (Å²) in [4.78, 5) is 2.43. The van der Waals surface area contributed by atoms with Crippen LogP contribution in [0, 0.1) is 0 Å². The van der Waals surface area contributed by atoms with Crippen LogP contribution in [-0.4, -0.2) is 64.1 Å². The van der Waals surface area contributed by atoms with E-state index in [9.17, 15) is 0 Å². The maximum Gasteiger partial charge on any atom is 0.0589 e. The second kappa shape index (κ2) is 12.6. The fourth-order valence-corrected chi connectivity index (χ4v) is 2.05.